The molecule has 0 aliphatic carbocycles. The fourth-order valence-corrected chi connectivity index (χ4v) is 2.49. The van der Waals surface area contributed by atoms with Gasteiger partial charge in [-0.1, -0.05) is 23.7 Å². The summed E-state index contributed by atoms with van der Waals surface area (Å²) in [5.74, 6) is -0.351. The molecular weight excluding hydrogens is 270 g/mol. The van der Waals surface area contributed by atoms with Crippen LogP contribution in [0.4, 0.5) is 11.4 Å². The van der Waals surface area contributed by atoms with Crippen LogP contribution in [0, 0.1) is 6.92 Å². The fraction of sp³-hybridized carbons (Fsp3) is 0.154. The number of carbonyl (C=O) groups is 1. The van der Waals surface area contributed by atoms with Crippen LogP contribution in [0.25, 0.3) is 0 Å². The SMILES string of the molecule is COC(=O)c1sccc1Nc1cccc(C)c1Cl. The number of halogens is 1. The maximum Gasteiger partial charge on any atom is 0.350 e. The van der Waals surface area contributed by atoms with Gasteiger partial charge in [0.1, 0.15) is 4.88 Å². The smallest absolute Gasteiger partial charge is 0.350 e. The molecule has 5 heteroatoms. The van der Waals surface area contributed by atoms with Gasteiger partial charge in [0.2, 0.25) is 0 Å². The molecule has 0 saturated carbocycles. The lowest BCUT2D eigenvalue weighted by Crippen LogP contribution is -2.02. The molecule has 0 bridgehead atoms. The zero-order chi connectivity index (χ0) is 13.1. The highest BCUT2D eigenvalue weighted by atomic mass is 35.5. The van der Waals surface area contributed by atoms with Gasteiger partial charge >= 0.3 is 5.97 Å². The van der Waals surface area contributed by atoms with Crippen LogP contribution in [0.15, 0.2) is 29.6 Å². The number of carbonyl (C=O) groups excluding carboxylic acids is 1. The number of thiophene rings is 1. The second-order valence-corrected chi connectivity index (χ2v) is 5.01. The van der Waals surface area contributed by atoms with Crippen LogP contribution in [0.3, 0.4) is 0 Å². The molecule has 2 aromatic rings. The largest absolute Gasteiger partial charge is 0.465 e. The molecule has 18 heavy (non-hydrogen) atoms. The number of benzene rings is 1. The quantitative estimate of drug-likeness (QED) is 0.855. The first-order chi connectivity index (χ1) is 8.63. The van der Waals surface area contributed by atoms with Gasteiger partial charge in [-0.2, -0.15) is 0 Å². The first kappa shape index (κ1) is 12.9. The molecule has 3 nitrogen and oxygen atoms in total. The van der Waals surface area contributed by atoms with E-state index in [1.807, 2.05) is 36.6 Å². The summed E-state index contributed by atoms with van der Waals surface area (Å²) in [4.78, 5) is 12.1. The van der Waals surface area contributed by atoms with Crippen molar-refractivity contribution in [2.45, 2.75) is 6.92 Å². The minimum absolute atomic E-state index is 0.351. The molecule has 0 fully saturated rings. The van der Waals surface area contributed by atoms with Crippen LogP contribution in [0.5, 0.6) is 0 Å². The average molecular weight is 282 g/mol. The Morgan fingerprint density at radius 3 is 2.83 bits per heavy atom. The number of rotatable bonds is 3. The van der Waals surface area contributed by atoms with E-state index in [0.29, 0.717) is 15.6 Å². The molecule has 1 N–H and O–H groups in total. The molecule has 0 spiro atoms. The van der Waals surface area contributed by atoms with E-state index >= 15 is 0 Å². The number of ether oxygens (including phenoxy) is 1. The van der Waals surface area contributed by atoms with Gasteiger partial charge in [-0.05, 0) is 30.0 Å². The van der Waals surface area contributed by atoms with Crippen molar-refractivity contribution in [3.05, 3.63) is 45.1 Å². The Labute approximate surface area is 114 Å². The lowest BCUT2D eigenvalue weighted by atomic mass is 10.2. The van der Waals surface area contributed by atoms with Gasteiger partial charge in [0.25, 0.3) is 0 Å². The molecule has 0 aliphatic heterocycles. The van der Waals surface area contributed by atoms with E-state index in [2.05, 4.69) is 5.32 Å². The standard InChI is InChI=1S/C13H12ClNO2S/c1-8-4-3-5-9(11(8)14)15-10-6-7-18-12(10)13(16)17-2/h3-7,15H,1-2H3. The van der Waals surface area contributed by atoms with E-state index < -0.39 is 0 Å². The summed E-state index contributed by atoms with van der Waals surface area (Å²) in [7, 11) is 1.37. The second-order valence-electron chi connectivity index (χ2n) is 3.72. The molecule has 0 amide bonds. The Morgan fingerprint density at radius 1 is 1.33 bits per heavy atom. The minimum atomic E-state index is -0.351. The lowest BCUT2D eigenvalue weighted by Gasteiger charge is -2.09. The van der Waals surface area contributed by atoms with Crippen molar-refractivity contribution in [3.8, 4) is 0 Å². The summed E-state index contributed by atoms with van der Waals surface area (Å²) in [5, 5.41) is 5.64. The number of hydrogen-bond donors (Lipinski definition) is 1. The summed E-state index contributed by atoms with van der Waals surface area (Å²) in [5.41, 5.74) is 2.47. The van der Waals surface area contributed by atoms with Crippen LogP contribution in [-0.2, 0) is 4.74 Å². The van der Waals surface area contributed by atoms with Crippen LogP contribution >= 0.6 is 22.9 Å². The van der Waals surface area contributed by atoms with E-state index in [1.54, 1.807) is 0 Å². The third-order valence-corrected chi connectivity index (χ3v) is 3.89. The van der Waals surface area contributed by atoms with Gasteiger partial charge in [0, 0.05) is 0 Å². The van der Waals surface area contributed by atoms with Crippen LogP contribution in [0.2, 0.25) is 5.02 Å². The molecule has 0 unspecified atom stereocenters. The van der Waals surface area contributed by atoms with Gasteiger partial charge in [-0.15, -0.1) is 11.3 Å². The van der Waals surface area contributed by atoms with E-state index in [-0.39, 0.29) is 5.97 Å². The van der Waals surface area contributed by atoms with Crippen molar-refractivity contribution in [2.75, 3.05) is 12.4 Å². The van der Waals surface area contributed by atoms with Gasteiger partial charge in [0.15, 0.2) is 0 Å². The lowest BCUT2D eigenvalue weighted by molar-refractivity contribution is 0.0607. The average Bonchev–Trinajstić information content (AvgIpc) is 2.82. The number of aryl methyl sites for hydroxylation is 1. The minimum Gasteiger partial charge on any atom is -0.465 e. The zero-order valence-corrected chi connectivity index (χ0v) is 11.6. The van der Waals surface area contributed by atoms with Gasteiger partial charge in [-0.3, -0.25) is 0 Å². The highest BCUT2D eigenvalue weighted by Crippen LogP contribution is 2.31. The first-order valence-electron chi connectivity index (χ1n) is 5.31. The molecule has 0 saturated heterocycles. The topological polar surface area (TPSA) is 38.3 Å². The Kier molecular flexibility index (Phi) is 3.89. The zero-order valence-electron chi connectivity index (χ0n) is 9.99. The number of anilines is 2. The number of hydrogen-bond acceptors (Lipinski definition) is 4. The highest BCUT2D eigenvalue weighted by molar-refractivity contribution is 7.12. The van der Waals surface area contributed by atoms with Crippen LogP contribution < -0.4 is 5.32 Å². The Bertz CT molecular complexity index is 580. The monoisotopic (exact) mass is 281 g/mol. The molecule has 1 aromatic carbocycles. The predicted octanol–water partition coefficient (Wildman–Crippen LogP) is 4.24. The first-order valence-corrected chi connectivity index (χ1v) is 6.57. The van der Waals surface area contributed by atoms with Gasteiger partial charge in [-0.25, -0.2) is 4.79 Å². The van der Waals surface area contributed by atoms with Crippen molar-refractivity contribution in [1.29, 1.82) is 0 Å². The van der Waals surface area contributed by atoms with E-state index in [0.717, 1.165) is 11.3 Å². The molecule has 0 radical (unpaired) electrons. The maximum atomic E-state index is 11.6. The van der Waals surface area contributed by atoms with Crippen molar-refractivity contribution < 1.29 is 9.53 Å². The van der Waals surface area contributed by atoms with E-state index in [1.165, 1.54) is 18.4 Å². The summed E-state index contributed by atoms with van der Waals surface area (Å²) >= 11 is 7.53. The Balaban J connectivity index is 2.32. The molecule has 1 heterocycles. The van der Waals surface area contributed by atoms with Crippen molar-refractivity contribution in [1.82, 2.24) is 0 Å². The summed E-state index contributed by atoms with van der Waals surface area (Å²) < 4.78 is 4.73. The molecular formula is C13H12ClNO2S. The van der Waals surface area contributed by atoms with Crippen molar-refractivity contribution >= 4 is 40.3 Å². The normalized spacial score (nSPS) is 10.2. The molecule has 0 atom stereocenters. The third kappa shape index (κ3) is 2.49. The highest BCUT2D eigenvalue weighted by Gasteiger charge is 2.14. The Hall–Kier alpha value is -1.52. The van der Waals surface area contributed by atoms with Crippen LogP contribution in [0.1, 0.15) is 15.2 Å². The number of methoxy groups -OCH3 is 1. The van der Waals surface area contributed by atoms with E-state index in [4.69, 9.17) is 16.3 Å². The molecule has 1 aromatic heterocycles. The van der Waals surface area contributed by atoms with E-state index in [9.17, 15) is 4.79 Å². The predicted molar refractivity (Wildman–Crippen MR) is 75.1 cm³/mol. The Morgan fingerprint density at radius 2 is 2.11 bits per heavy atom. The molecule has 0 aliphatic rings. The molecule has 2 rings (SSSR count). The summed E-state index contributed by atoms with van der Waals surface area (Å²) in [6.07, 6.45) is 0. The van der Waals surface area contributed by atoms with Crippen LogP contribution in [-0.4, -0.2) is 13.1 Å². The fourth-order valence-electron chi connectivity index (χ4n) is 1.55. The summed E-state index contributed by atoms with van der Waals surface area (Å²) in [6.45, 7) is 1.93. The summed E-state index contributed by atoms with van der Waals surface area (Å²) in [6, 6.07) is 7.54. The third-order valence-electron chi connectivity index (χ3n) is 2.50. The second kappa shape index (κ2) is 5.42. The van der Waals surface area contributed by atoms with Gasteiger partial charge in [0.05, 0.1) is 23.5 Å². The maximum absolute atomic E-state index is 11.6. The molecule has 94 valence electrons. The number of nitrogens with one attached hydrogen (secondary N) is 1. The number of esters is 1. The van der Waals surface area contributed by atoms with Crippen molar-refractivity contribution in [3.63, 3.8) is 0 Å². The van der Waals surface area contributed by atoms with Crippen molar-refractivity contribution in [2.24, 2.45) is 0 Å². The van der Waals surface area contributed by atoms with Gasteiger partial charge < -0.3 is 10.1 Å².